The lowest BCUT2D eigenvalue weighted by Crippen LogP contribution is -2.49. The van der Waals surface area contributed by atoms with Crippen molar-refractivity contribution in [2.45, 2.75) is 13.5 Å². The van der Waals surface area contributed by atoms with Crippen LogP contribution in [0.25, 0.3) is 0 Å². The molecule has 0 spiro atoms. The number of benzene rings is 1. The molecule has 3 heterocycles. The molecule has 0 bridgehead atoms. The van der Waals surface area contributed by atoms with Crippen LogP contribution >= 0.6 is 23.2 Å². The Bertz CT molecular complexity index is 1220. The van der Waals surface area contributed by atoms with Gasteiger partial charge in [-0.15, -0.1) is 5.10 Å². The van der Waals surface area contributed by atoms with E-state index >= 15 is 0 Å². The van der Waals surface area contributed by atoms with Crippen LogP contribution in [0.2, 0.25) is 10.0 Å². The number of nitrogens with zero attached hydrogens (tertiary/aromatic N) is 4. The Morgan fingerprint density at radius 3 is 2.61 bits per heavy atom. The summed E-state index contributed by atoms with van der Waals surface area (Å²) in [6.07, 6.45) is 0. The van der Waals surface area contributed by atoms with Crippen molar-refractivity contribution in [1.29, 1.82) is 0 Å². The quantitative estimate of drug-likeness (QED) is 0.568. The lowest BCUT2D eigenvalue weighted by molar-refractivity contribution is -0.132. The number of halogens is 2. The number of aromatic nitrogens is 3. The minimum Gasteiger partial charge on any atom is -0.495 e. The molecule has 2 aromatic heterocycles. The predicted octanol–water partition coefficient (Wildman–Crippen LogP) is 3.34. The summed E-state index contributed by atoms with van der Waals surface area (Å²) in [5.74, 6) is 0.905. The second-order valence-electron chi connectivity index (χ2n) is 7.53. The van der Waals surface area contributed by atoms with E-state index < -0.39 is 0 Å². The van der Waals surface area contributed by atoms with Gasteiger partial charge in [0.05, 0.1) is 17.8 Å². The fourth-order valence-corrected chi connectivity index (χ4v) is 3.96. The van der Waals surface area contributed by atoms with Crippen molar-refractivity contribution < 1.29 is 14.3 Å². The van der Waals surface area contributed by atoms with Crippen LogP contribution in [0.4, 0.5) is 5.69 Å². The van der Waals surface area contributed by atoms with Crippen LogP contribution in [0.15, 0.2) is 41.2 Å². The van der Waals surface area contributed by atoms with Crippen molar-refractivity contribution >= 4 is 34.8 Å². The van der Waals surface area contributed by atoms with E-state index in [4.69, 9.17) is 32.7 Å². The monoisotopic (exact) mass is 491 g/mol. The summed E-state index contributed by atoms with van der Waals surface area (Å²) in [7, 11) is 1.58. The zero-order valence-corrected chi connectivity index (χ0v) is 19.7. The van der Waals surface area contributed by atoms with E-state index in [1.807, 2.05) is 18.2 Å². The first-order valence-electron chi connectivity index (χ1n) is 10.3. The number of H-pyrrole nitrogens is 1. The Morgan fingerprint density at radius 2 is 1.91 bits per heavy atom. The summed E-state index contributed by atoms with van der Waals surface area (Å²) in [6, 6.07) is 10.2. The number of nitrogens with one attached hydrogen (secondary N) is 1. The van der Waals surface area contributed by atoms with Gasteiger partial charge in [-0.3, -0.25) is 19.3 Å². The summed E-state index contributed by atoms with van der Waals surface area (Å²) in [4.78, 5) is 30.9. The number of amides is 1. The molecule has 1 N–H and O–H groups in total. The maximum atomic E-state index is 12.9. The van der Waals surface area contributed by atoms with Gasteiger partial charge in [-0.05, 0) is 25.1 Å². The maximum Gasteiger partial charge on any atom is 0.258 e. The van der Waals surface area contributed by atoms with Crippen LogP contribution in [-0.4, -0.2) is 58.9 Å². The van der Waals surface area contributed by atoms with Crippen molar-refractivity contribution in [1.82, 2.24) is 19.7 Å². The van der Waals surface area contributed by atoms with Crippen molar-refractivity contribution in [2.75, 3.05) is 38.2 Å². The Labute approximate surface area is 200 Å². The zero-order valence-electron chi connectivity index (χ0n) is 18.2. The van der Waals surface area contributed by atoms with E-state index in [0.29, 0.717) is 42.6 Å². The van der Waals surface area contributed by atoms with Gasteiger partial charge in [0, 0.05) is 44.0 Å². The highest BCUT2D eigenvalue weighted by Crippen LogP contribution is 2.31. The topological polar surface area (TPSA) is 92.7 Å². The first-order valence-corrected chi connectivity index (χ1v) is 11.1. The number of piperazine rings is 1. The van der Waals surface area contributed by atoms with E-state index in [1.165, 1.54) is 10.7 Å². The molecule has 174 valence electrons. The maximum absolute atomic E-state index is 12.9. The van der Waals surface area contributed by atoms with Gasteiger partial charge in [0.2, 0.25) is 11.8 Å². The lowest BCUT2D eigenvalue weighted by Gasteiger charge is -2.36. The molecule has 0 radical (unpaired) electrons. The predicted molar refractivity (Wildman–Crippen MR) is 126 cm³/mol. The highest BCUT2D eigenvalue weighted by molar-refractivity contribution is 6.32. The standard InChI is InChI=1S/C22H23Cl2N5O4/c1-14-21(24)22(33-19-5-3-4-18(30)25-19)26-29(14)13-20(31)28-10-8-27(9-11-28)15-6-7-16(23)17(12-15)32-2/h3-7,12H,8-11,13H2,1-2H3,(H,25,30). The zero-order chi connectivity index (χ0) is 23.5. The molecule has 1 aliphatic rings. The summed E-state index contributed by atoms with van der Waals surface area (Å²) >= 11 is 12.5. The Morgan fingerprint density at radius 1 is 1.15 bits per heavy atom. The molecule has 1 aromatic carbocycles. The SMILES string of the molecule is COc1cc(N2CCN(C(=O)Cn3nc(Oc4cccc(=O)[nH]4)c(Cl)c3C)CC2)ccc1Cl. The van der Waals surface area contributed by atoms with Gasteiger partial charge >= 0.3 is 0 Å². The molecular formula is C22H23Cl2N5O4. The van der Waals surface area contributed by atoms with Crippen LogP contribution in [0.1, 0.15) is 5.69 Å². The average Bonchev–Trinajstić information content (AvgIpc) is 3.07. The lowest BCUT2D eigenvalue weighted by atomic mass is 10.2. The van der Waals surface area contributed by atoms with Gasteiger partial charge in [-0.2, -0.15) is 0 Å². The van der Waals surface area contributed by atoms with Crippen LogP contribution in [-0.2, 0) is 11.3 Å². The number of ether oxygens (including phenoxy) is 2. The smallest absolute Gasteiger partial charge is 0.258 e. The Kier molecular flexibility index (Phi) is 6.80. The second-order valence-corrected chi connectivity index (χ2v) is 8.32. The number of hydrogen-bond donors (Lipinski definition) is 1. The number of pyridine rings is 1. The number of rotatable bonds is 6. The van der Waals surface area contributed by atoms with Gasteiger partial charge in [-0.1, -0.05) is 29.3 Å². The highest BCUT2D eigenvalue weighted by Gasteiger charge is 2.24. The number of hydrogen-bond acceptors (Lipinski definition) is 6. The number of carbonyl (C=O) groups is 1. The average molecular weight is 492 g/mol. The summed E-state index contributed by atoms with van der Waals surface area (Å²) in [6.45, 7) is 4.32. The summed E-state index contributed by atoms with van der Waals surface area (Å²) in [5, 5.41) is 5.16. The molecule has 9 nitrogen and oxygen atoms in total. The van der Waals surface area contributed by atoms with E-state index in [1.54, 1.807) is 31.1 Å². The van der Waals surface area contributed by atoms with Gasteiger partial charge in [-0.25, -0.2) is 0 Å². The molecule has 0 saturated carbocycles. The van der Waals surface area contributed by atoms with Crippen molar-refractivity contribution in [3.05, 3.63) is 62.5 Å². The molecule has 3 aromatic rings. The summed E-state index contributed by atoms with van der Waals surface area (Å²) in [5.41, 5.74) is 1.30. The van der Waals surface area contributed by atoms with E-state index in [9.17, 15) is 9.59 Å². The van der Waals surface area contributed by atoms with Crippen LogP contribution < -0.4 is 19.9 Å². The van der Waals surface area contributed by atoms with E-state index in [-0.39, 0.29) is 34.8 Å². The third kappa shape index (κ3) is 5.09. The minimum absolute atomic E-state index is 0.0367. The van der Waals surface area contributed by atoms with Crippen molar-refractivity contribution in [2.24, 2.45) is 0 Å². The molecule has 4 rings (SSSR count). The largest absolute Gasteiger partial charge is 0.495 e. The fourth-order valence-electron chi connectivity index (χ4n) is 3.59. The molecular weight excluding hydrogens is 469 g/mol. The third-order valence-electron chi connectivity index (χ3n) is 5.47. The first-order chi connectivity index (χ1) is 15.9. The van der Waals surface area contributed by atoms with Crippen LogP contribution in [0.5, 0.6) is 17.5 Å². The van der Waals surface area contributed by atoms with E-state index in [0.717, 1.165) is 5.69 Å². The van der Waals surface area contributed by atoms with Crippen LogP contribution in [0.3, 0.4) is 0 Å². The molecule has 0 aliphatic carbocycles. The number of anilines is 1. The molecule has 1 fully saturated rings. The molecule has 0 unspecified atom stereocenters. The summed E-state index contributed by atoms with van der Waals surface area (Å²) < 4.78 is 12.4. The molecule has 0 atom stereocenters. The van der Waals surface area contributed by atoms with Crippen LogP contribution in [0, 0.1) is 6.92 Å². The third-order valence-corrected chi connectivity index (χ3v) is 6.22. The number of carbonyl (C=O) groups excluding carboxylic acids is 1. The minimum atomic E-state index is -0.300. The van der Waals surface area contributed by atoms with Gasteiger partial charge < -0.3 is 19.3 Å². The molecule has 33 heavy (non-hydrogen) atoms. The number of aromatic amines is 1. The van der Waals surface area contributed by atoms with E-state index in [2.05, 4.69) is 15.0 Å². The van der Waals surface area contributed by atoms with Gasteiger partial charge in [0.25, 0.3) is 11.4 Å². The van der Waals surface area contributed by atoms with Crippen molar-refractivity contribution in [3.8, 4) is 17.5 Å². The highest BCUT2D eigenvalue weighted by atomic mass is 35.5. The molecule has 1 saturated heterocycles. The molecule has 11 heteroatoms. The van der Waals surface area contributed by atoms with Gasteiger partial charge in [0.15, 0.2) is 0 Å². The van der Waals surface area contributed by atoms with Gasteiger partial charge in [0.1, 0.15) is 17.3 Å². The normalized spacial score (nSPS) is 13.8. The number of methoxy groups -OCH3 is 1. The molecule has 1 aliphatic heterocycles. The molecule has 1 amide bonds. The first kappa shape index (κ1) is 23.0. The van der Waals surface area contributed by atoms with Crippen molar-refractivity contribution in [3.63, 3.8) is 0 Å². The Hall–Kier alpha value is -3.17. The fraction of sp³-hybridized carbons (Fsp3) is 0.318. The second kappa shape index (κ2) is 9.76. The Balaban J connectivity index is 1.39.